The number of rotatable bonds is 1. The third-order valence-corrected chi connectivity index (χ3v) is 3.84. The molecule has 0 aromatic rings. The van der Waals surface area contributed by atoms with E-state index in [0.29, 0.717) is 0 Å². The van der Waals surface area contributed by atoms with E-state index in [9.17, 15) is 4.79 Å². The fourth-order valence-electron chi connectivity index (χ4n) is 2.48. The number of aliphatic carboxylic acids is 1. The van der Waals surface area contributed by atoms with Gasteiger partial charge in [-0.1, -0.05) is 0 Å². The molecule has 0 amide bonds. The monoisotopic (exact) mass is 170 g/mol. The largest absolute Gasteiger partial charge is 0.481 e. The van der Waals surface area contributed by atoms with Crippen molar-refractivity contribution in [3.05, 3.63) is 0 Å². The van der Waals surface area contributed by atoms with E-state index in [-0.39, 0.29) is 5.41 Å². The van der Waals surface area contributed by atoms with Gasteiger partial charge >= 0.3 is 5.97 Å². The lowest BCUT2D eigenvalue weighted by Gasteiger charge is -2.50. The number of hydrogen-bond donors (Lipinski definition) is 1. The van der Waals surface area contributed by atoms with Gasteiger partial charge < -0.3 is 9.59 Å². The minimum atomic E-state index is -0.562. The van der Waals surface area contributed by atoms with E-state index < -0.39 is 5.97 Å². The van der Waals surface area contributed by atoms with Crippen molar-refractivity contribution in [1.29, 1.82) is 0 Å². The predicted octanol–water partition coefficient (Wildman–Crippen LogP) is 0.701. The van der Waals surface area contributed by atoms with Gasteiger partial charge in [-0.2, -0.15) is 0 Å². The Bertz CT molecular complexity index is 200. The van der Waals surface area contributed by atoms with E-state index in [1.54, 1.807) is 0 Å². The molecule has 3 heteroatoms. The Morgan fingerprint density at radius 3 is 2.00 bits per heavy atom. The second-order valence-electron chi connectivity index (χ2n) is 4.63. The molecule has 68 valence electrons. The lowest BCUT2D eigenvalue weighted by molar-refractivity contribution is -0.926. The minimum Gasteiger partial charge on any atom is -0.481 e. The molecule has 0 unspecified atom stereocenters. The molecule has 0 spiro atoms. The highest BCUT2D eigenvalue weighted by Crippen LogP contribution is 2.42. The maximum absolute atomic E-state index is 11.0. The summed E-state index contributed by atoms with van der Waals surface area (Å²) in [5, 5.41) is 9.09. The summed E-state index contributed by atoms with van der Waals surface area (Å²) in [5.41, 5.74) is -0.337. The van der Waals surface area contributed by atoms with Crippen molar-refractivity contribution >= 4 is 5.97 Å². The van der Waals surface area contributed by atoms with Gasteiger partial charge in [0.2, 0.25) is 0 Å². The van der Waals surface area contributed by atoms with Crippen LogP contribution < -0.4 is 0 Å². The second kappa shape index (κ2) is 2.22. The zero-order valence-corrected chi connectivity index (χ0v) is 7.55. The van der Waals surface area contributed by atoms with Crippen LogP contribution in [0.15, 0.2) is 0 Å². The summed E-state index contributed by atoms with van der Waals surface area (Å²) in [6.07, 6.45) is 2.66. The van der Waals surface area contributed by atoms with Gasteiger partial charge in [0.25, 0.3) is 0 Å². The number of carbonyl (C=O) groups is 1. The Morgan fingerprint density at radius 1 is 1.25 bits per heavy atom. The summed E-state index contributed by atoms with van der Waals surface area (Å²) in [6, 6.07) is 0. The molecule has 3 nitrogen and oxygen atoms in total. The van der Waals surface area contributed by atoms with Gasteiger partial charge in [-0.25, -0.2) is 0 Å². The van der Waals surface area contributed by atoms with Crippen molar-refractivity contribution in [2.45, 2.75) is 19.3 Å². The number of carboxylic acids is 1. The molecular formula is C9H16NO2+. The first-order valence-electron chi connectivity index (χ1n) is 4.63. The molecule has 3 heterocycles. The van der Waals surface area contributed by atoms with Gasteiger partial charge in [-0.3, -0.25) is 4.79 Å². The Balaban J connectivity index is 2.20. The van der Waals surface area contributed by atoms with Gasteiger partial charge in [-0.15, -0.1) is 0 Å². The van der Waals surface area contributed by atoms with Crippen LogP contribution in [-0.4, -0.2) is 42.2 Å². The molecule has 3 aliphatic rings. The van der Waals surface area contributed by atoms with Crippen molar-refractivity contribution in [2.24, 2.45) is 5.41 Å². The maximum Gasteiger partial charge on any atom is 0.310 e. The zero-order chi connectivity index (χ0) is 8.82. The highest BCUT2D eigenvalue weighted by Gasteiger charge is 2.51. The Labute approximate surface area is 72.6 Å². The molecule has 0 aromatic heterocycles. The molecule has 3 aliphatic heterocycles. The summed E-state index contributed by atoms with van der Waals surface area (Å²) >= 11 is 0. The maximum atomic E-state index is 11.0. The average molecular weight is 170 g/mol. The van der Waals surface area contributed by atoms with E-state index in [0.717, 1.165) is 43.4 Å². The molecule has 3 rings (SSSR count). The molecule has 2 bridgehead atoms. The summed E-state index contributed by atoms with van der Waals surface area (Å²) in [6.45, 7) is 3.19. The van der Waals surface area contributed by atoms with Gasteiger partial charge in [0, 0.05) is 19.3 Å². The number of nitrogens with zero attached hydrogens (tertiary/aromatic N) is 1. The summed E-state index contributed by atoms with van der Waals surface area (Å²) in [7, 11) is 2.24. The third kappa shape index (κ3) is 0.959. The van der Waals surface area contributed by atoms with Gasteiger partial charge in [0.15, 0.2) is 0 Å². The van der Waals surface area contributed by atoms with Crippen LogP contribution in [0.3, 0.4) is 0 Å². The van der Waals surface area contributed by atoms with E-state index in [2.05, 4.69) is 7.05 Å². The first-order chi connectivity index (χ1) is 5.56. The zero-order valence-electron chi connectivity index (χ0n) is 7.55. The Hall–Kier alpha value is -0.570. The van der Waals surface area contributed by atoms with Gasteiger partial charge in [0.05, 0.1) is 32.1 Å². The highest BCUT2D eigenvalue weighted by molar-refractivity contribution is 5.74. The highest BCUT2D eigenvalue weighted by atomic mass is 16.4. The van der Waals surface area contributed by atoms with Crippen molar-refractivity contribution in [1.82, 2.24) is 0 Å². The standard InChI is InChI=1S/C9H15NO2/c1-10-5-2-9(3-6-10,4-7-10)8(11)12/h2-7H2,1H3/p+1. The fourth-order valence-corrected chi connectivity index (χ4v) is 2.48. The topological polar surface area (TPSA) is 37.3 Å². The Kier molecular flexibility index (Phi) is 1.49. The first-order valence-corrected chi connectivity index (χ1v) is 4.63. The molecule has 0 atom stereocenters. The molecule has 3 saturated heterocycles. The van der Waals surface area contributed by atoms with Crippen LogP contribution in [0.2, 0.25) is 0 Å². The second-order valence-corrected chi connectivity index (χ2v) is 4.63. The Morgan fingerprint density at radius 2 is 1.67 bits per heavy atom. The number of piperidine rings is 3. The van der Waals surface area contributed by atoms with Crippen LogP contribution in [-0.2, 0) is 4.79 Å². The van der Waals surface area contributed by atoms with E-state index in [4.69, 9.17) is 5.11 Å². The summed E-state index contributed by atoms with van der Waals surface area (Å²) < 4.78 is 1.11. The lowest BCUT2D eigenvalue weighted by Crippen LogP contribution is -2.61. The molecule has 3 fully saturated rings. The van der Waals surface area contributed by atoms with Gasteiger partial charge in [0.1, 0.15) is 0 Å². The predicted molar refractivity (Wildman–Crippen MR) is 44.7 cm³/mol. The number of quaternary nitrogens is 1. The normalized spacial score (nSPS) is 46.1. The van der Waals surface area contributed by atoms with Crippen molar-refractivity contribution < 1.29 is 14.4 Å². The summed E-state index contributed by atoms with van der Waals surface area (Å²) in [5.74, 6) is -0.562. The fraction of sp³-hybridized carbons (Fsp3) is 0.889. The first kappa shape index (κ1) is 8.05. The number of fused-ring (bicyclic) bond motifs is 3. The molecule has 0 radical (unpaired) electrons. The van der Waals surface area contributed by atoms with Crippen LogP contribution in [0.25, 0.3) is 0 Å². The molecular weight excluding hydrogens is 154 g/mol. The molecule has 12 heavy (non-hydrogen) atoms. The summed E-state index contributed by atoms with van der Waals surface area (Å²) in [4.78, 5) is 11.0. The number of carboxylic acid groups (broad SMARTS) is 1. The molecule has 0 aromatic carbocycles. The minimum absolute atomic E-state index is 0.337. The van der Waals surface area contributed by atoms with Crippen molar-refractivity contribution in [3.63, 3.8) is 0 Å². The van der Waals surface area contributed by atoms with E-state index in [1.807, 2.05) is 0 Å². The van der Waals surface area contributed by atoms with Crippen LogP contribution in [0.4, 0.5) is 0 Å². The molecule has 1 N–H and O–H groups in total. The van der Waals surface area contributed by atoms with Crippen LogP contribution in [0.1, 0.15) is 19.3 Å². The van der Waals surface area contributed by atoms with Crippen LogP contribution >= 0.6 is 0 Å². The van der Waals surface area contributed by atoms with Gasteiger partial charge in [-0.05, 0) is 0 Å². The average Bonchev–Trinajstić information content (AvgIpc) is 2.06. The smallest absolute Gasteiger partial charge is 0.310 e. The lowest BCUT2D eigenvalue weighted by atomic mass is 9.71. The van der Waals surface area contributed by atoms with Crippen molar-refractivity contribution in [2.75, 3.05) is 26.7 Å². The quantitative estimate of drug-likeness (QED) is 0.588. The SMILES string of the molecule is C[N+]12CCC(C(=O)O)(CC1)CC2. The van der Waals surface area contributed by atoms with Crippen LogP contribution in [0.5, 0.6) is 0 Å². The molecule has 0 aliphatic carbocycles. The molecule has 0 saturated carbocycles. The van der Waals surface area contributed by atoms with E-state index >= 15 is 0 Å². The third-order valence-electron chi connectivity index (χ3n) is 3.84. The van der Waals surface area contributed by atoms with E-state index in [1.165, 1.54) is 0 Å². The van der Waals surface area contributed by atoms with Crippen LogP contribution in [0, 0.1) is 5.41 Å². The number of hydrogen-bond acceptors (Lipinski definition) is 1. The van der Waals surface area contributed by atoms with Crippen molar-refractivity contribution in [3.8, 4) is 0 Å².